The Bertz CT molecular complexity index is 760. The van der Waals surface area contributed by atoms with Crippen LogP contribution in [0.4, 0.5) is 5.69 Å². The van der Waals surface area contributed by atoms with Crippen molar-refractivity contribution in [2.24, 2.45) is 0 Å². The van der Waals surface area contributed by atoms with E-state index in [1.165, 1.54) is 0 Å². The van der Waals surface area contributed by atoms with Gasteiger partial charge in [0.05, 0.1) is 6.26 Å². The SMILES string of the molecule is CC(NCc1cc(Cl)cc(Cl)c1)c1ccc(NS(C)(=O)=O)cc1.Cl. The van der Waals surface area contributed by atoms with E-state index in [9.17, 15) is 8.42 Å². The molecule has 0 heterocycles. The molecule has 0 aromatic heterocycles. The van der Waals surface area contributed by atoms with E-state index < -0.39 is 10.0 Å². The normalized spacial score (nSPS) is 12.3. The third-order valence-corrected chi connectivity index (χ3v) is 4.29. The Morgan fingerprint density at radius 1 is 1.04 bits per heavy atom. The molecule has 0 spiro atoms. The van der Waals surface area contributed by atoms with Crippen molar-refractivity contribution in [2.45, 2.75) is 19.5 Å². The Labute approximate surface area is 159 Å². The summed E-state index contributed by atoms with van der Waals surface area (Å²) < 4.78 is 24.8. The smallest absolute Gasteiger partial charge is 0.229 e. The highest BCUT2D eigenvalue weighted by Crippen LogP contribution is 2.21. The maximum absolute atomic E-state index is 11.2. The number of hydrogen-bond acceptors (Lipinski definition) is 3. The molecule has 2 aromatic carbocycles. The average molecular weight is 410 g/mol. The first-order valence-corrected chi connectivity index (χ1v) is 9.64. The summed E-state index contributed by atoms with van der Waals surface area (Å²) in [6, 6.07) is 12.8. The van der Waals surface area contributed by atoms with Crippen molar-refractivity contribution < 1.29 is 8.42 Å². The first-order chi connectivity index (χ1) is 10.7. The maximum Gasteiger partial charge on any atom is 0.229 e. The first kappa shape index (κ1) is 21.1. The van der Waals surface area contributed by atoms with Crippen LogP contribution >= 0.6 is 35.6 Å². The van der Waals surface area contributed by atoms with Crippen LogP contribution in [0, 0.1) is 0 Å². The summed E-state index contributed by atoms with van der Waals surface area (Å²) in [6.07, 6.45) is 1.13. The van der Waals surface area contributed by atoms with Crippen LogP contribution in [-0.2, 0) is 16.6 Å². The molecule has 2 rings (SSSR count). The Balaban J connectivity index is 0.00000288. The molecule has 2 aromatic rings. The van der Waals surface area contributed by atoms with Gasteiger partial charge in [-0.05, 0) is 48.4 Å². The zero-order valence-corrected chi connectivity index (χ0v) is 16.4. The van der Waals surface area contributed by atoms with Gasteiger partial charge in [0.25, 0.3) is 0 Å². The molecule has 0 radical (unpaired) electrons. The number of nitrogens with one attached hydrogen (secondary N) is 2. The minimum atomic E-state index is -3.26. The lowest BCUT2D eigenvalue weighted by atomic mass is 10.1. The molecule has 1 atom stereocenters. The standard InChI is InChI=1S/C16H18Cl2N2O2S.ClH/c1-11(19-10-12-7-14(17)9-15(18)8-12)13-3-5-16(6-4-13)20-23(2,21)22;/h3-9,11,19-20H,10H2,1-2H3;1H. The van der Waals surface area contributed by atoms with E-state index in [0.717, 1.165) is 17.4 Å². The highest BCUT2D eigenvalue weighted by molar-refractivity contribution is 7.92. The lowest BCUT2D eigenvalue weighted by Gasteiger charge is -2.15. The minimum Gasteiger partial charge on any atom is -0.306 e. The van der Waals surface area contributed by atoms with Gasteiger partial charge >= 0.3 is 0 Å². The third-order valence-electron chi connectivity index (χ3n) is 3.25. The van der Waals surface area contributed by atoms with E-state index >= 15 is 0 Å². The largest absolute Gasteiger partial charge is 0.306 e. The summed E-state index contributed by atoms with van der Waals surface area (Å²) >= 11 is 12.0. The Morgan fingerprint density at radius 3 is 2.08 bits per heavy atom. The summed E-state index contributed by atoms with van der Waals surface area (Å²) in [5.41, 5.74) is 2.60. The second-order valence-corrected chi connectivity index (χ2v) is 8.00. The molecule has 4 nitrogen and oxygen atoms in total. The fraction of sp³-hybridized carbons (Fsp3) is 0.250. The number of rotatable bonds is 6. The van der Waals surface area contributed by atoms with Gasteiger partial charge in [0, 0.05) is 28.3 Å². The van der Waals surface area contributed by atoms with Gasteiger partial charge in [-0.2, -0.15) is 0 Å². The molecule has 0 fully saturated rings. The van der Waals surface area contributed by atoms with Crippen LogP contribution in [0.3, 0.4) is 0 Å². The van der Waals surface area contributed by atoms with Crippen molar-refractivity contribution in [3.05, 3.63) is 63.6 Å². The van der Waals surface area contributed by atoms with Crippen LogP contribution in [0.15, 0.2) is 42.5 Å². The highest BCUT2D eigenvalue weighted by atomic mass is 35.5. The zero-order valence-electron chi connectivity index (χ0n) is 13.2. The van der Waals surface area contributed by atoms with E-state index in [-0.39, 0.29) is 18.4 Å². The number of anilines is 1. The van der Waals surface area contributed by atoms with Crippen LogP contribution in [0.5, 0.6) is 0 Å². The predicted molar refractivity (Wildman–Crippen MR) is 104 cm³/mol. The molecule has 8 heteroatoms. The van der Waals surface area contributed by atoms with Gasteiger partial charge in [-0.25, -0.2) is 8.42 Å². The monoisotopic (exact) mass is 408 g/mol. The van der Waals surface area contributed by atoms with Gasteiger partial charge in [0.15, 0.2) is 0 Å². The summed E-state index contributed by atoms with van der Waals surface area (Å²) in [7, 11) is -3.26. The van der Waals surface area contributed by atoms with E-state index in [4.69, 9.17) is 23.2 Å². The van der Waals surface area contributed by atoms with Crippen LogP contribution < -0.4 is 10.0 Å². The number of benzene rings is 2. The van der Waals surface area contributed by atoms with Crippen LogP contribution in [0.1, 0.15) is 24.1 Å². The Hall–Kier alpha value is -0.980. The molecule has 0 aliphatic carbocycles. The molecule has 0 bridgehead atoms. The van der Waals surface area contributed by atoms with Crippen LogP contribution in [-0.4, -0.2) is 14.7 Å². The third kappa shape index (κ3) is 6.87. The lowest BCUT2D eigenvalue weighted by molar-refractivity contribution is 0.575. The summed E-state index contributed by atoms with van der Waals surface area (Å²) in [4.78, 5) is 0. The summed E-state index contributed by atoms with van der Waals surface area (Å²) in [6.45, 7) is 2.66. The van der Waals surface area contributed by atoms with Crippen molar-refractivity contribution >= 4 is 51.3 Å². The fourth-order valence-electron chi connectivity index (χ4n) is 2.16. The van der Waals surface area contributed by atoms with Gasteiger partial charge < -0.3 is 5.32 Å². The van der Waals surface area contributed by atoms with Crippen molar-refractivity contribution in [3.8, 4) is 0 Å². The van der Waals surface area contributed by atoms with Gasteiger partial charge in [0.2, 0.25) is 10.0 Å². The van der Waals surface area contributed by atoms with Gasteiger partial charge in [-0.1, -0.05) is 35.3 Å². The molecule has 0 saturated carbocycles. The van der Waals surface area contributed by atoms with E-state index in [0.29, 0.717) is 22.3 Å². The molecule has 132 valence electrons. The average Bonchev–Trinajstić information content (AvgIpc) is 2.43. The van der Waals surface area contributed by atoms with Crippen LogP contribution in [0.2, 0.25) is 10.0 Å². The van der Waals surface area contributed by atoms with Gasteiger partial charge in [0.1, 0.15) is 0 Å². The second-order valence-electron chi connectivity index (χ2n) is 5.38. The van der Waals surface area contributed by atoms with Gasteiger partial charge in [-0.15, -0.1) is 12.4 Å². The van der Waals surface area contributed by atoms with Crippen molar-refractivity contribution in [3.63, 3.8) is 0 Å². The molecular weight excluding hydrogens is 391 g/mol. The molecule has 0 saturated heterocycles. The van der Waals surface area contributed by atoms with E-state index in [2.05, 4.69) is 10.0 Å². The van der Waals surface area contributed by atoms with Crippen LogP contribution in [0.25, 0.3) is 0 Å². The first-order valence-electron chi connectivity index (χ1n) is 6.99. The second kappa shape index (κ2) is 8.92. The Kier molecular flexibility index (Phi) is 7.83. The summed E-state index contributed by atoms with van der Waals surface area (Å²) in [5.74, 6) is 0. The molecule has 0 aliphatic heterocycles. The molecule has 1 unspecified atom stereocenters. The number of sulfonamides is 1. The number of halogens is 3. The van der Waals surface area contributed by atoms with E-state index in [1.54, 1.807) is 18.2 Å². The summed E-state index contributed by atoms with van der Waals surface area (Å²) in [5, 5.41) is 4.60. The van der Waals surface area contributed by atoms with Crippen molar-refractivity contribution in [1.29, 1.82) is 0 Å². The predicted octanol–water partition coefficient (Wildman–Crippen LogP) is 4.64. The van der Waals surface area contributed by atoms with E-state index in [1.807, 2.05) is 31.2 Å². The topological polar surface area (TPSA) is 58.2 Å². The molecule has 2 N–H and O–H groups in total. The van der Waals surface area contributed by atoms with Crippen molar-refractivity contribution in [1.82, 2.24) is 5.32 Å². The fourth-order valence-corrected chi connectivity index (χ4v) is 3.29. The molecular formula is C16H19Cl3N2O2S. The van der Waals surface area contributed by atoms with Gasteiger partial charge in [-0.3, -0.25) is 4.72 Å². The lowest BCUT2D eigenvalue weighted by Crippen LogP contribution is -2.18. The molecule has 24 heavy (non-hydrogen) atoms. The number of hydrogen-bond donors (Lipinski definition) is 2. The molecule has 0 amide bonds. The maximum atomic E-state index is 11.2. The Morgan fingerprint density at radius 2 is 1.58 bits per heavy atom. The van der Waals surface area contributed by atoms with Crippen molar-refractivity contribution in [2.75, 3.05) is 11.0 Å². The minimum absolute atomic E-state index is 0. The highest BCUT2D eigenvalue weighted by Gasteiger charge is 2.07. The zero-order chi connectivity index (χ0) is 17.0. The quantitative estimate of drug-likeness (QED) is 0.731. The molecule has 0 aliphatic rings.